The van der Waals surface area contributed by atoms with Crippen LogP contribution in [0.15, 0.2) is 47.4 Å². The molecule has 10 heteroatoms. The van der Waals surface area contributed by atoms with E-state index in [0.717, 1.165) is 44.2 Å². The molecule has 2 aliphatic heterocycles. The summed E-state index contributed by atoms with van der Waals surface area (Å²) >= 11 is 6.19. The Balaban J connectivity index is 1.37. The number of hydrogen-bond acceptors (Lipinski definition) is 6. The van der Waals surface area contributed by atoms with Crippen molar-refractivity contribution in [3.63, 3.8) is 0 Å². The van der Waals surface area contributed by atoms with E-state index in [9.17, 15) is 14.7 Å². The number of carbonyl (C=O) groups is 1. The molecule has 2 fully saturated rings. The number of aliphatic hydroxyl groups excluding tert-OH is 1. The molecule has 2 unspecified atom stereocenters. The molecule has 9 nitrogen and oxygen atoms in total. The molecule has 2 atom stereocenters. The first kappa shape index (κ1) is 25.6. The molecule has 0 spiro atoms. The number of pyridine rings is 1. The molecule has 1 aromatic carbocycles. The zero-order chi connectivity index (χ0) is 26.1. The summed E-state index contributed by atoms with van der Waals surface area (Å²) in [5.74, 6) is 0.462. The Hall–Kier alpha value is -3.01. The molecule has 196 valence electrons. The van der Waals surface area contributed by atoms with Crippen LogP contribution < -0.4 is 11.0 Å². The van der Waals surface area contributed by atoms with Gasteiger partial charge in [-0.1, -0.05) is 29.8 Å². The normalized spacial score (nSPS) is 21.5. The highest BCUT2D eigenvalue weighted by Gasteiger charge is 2.39. The van der Waals surface area contributed by atoms with Crippen LogP contribution in [-0.4, -0.2) is 66.0 Å². The lowest BCUT2D eigenvalue weighted by Crippen LogP contribution is -2.45. The van der Waals surface area contributed by atoms with Crippen LogP contribution in [0.1, 0.15) is 45.1 Å². The molecule has 0 aliphatic carbocycles. The van der Waals surface area contributed by atoms with Crippen LogP contribution in [0.2, 0.25) is 5.02 Å². The quantitative estimate of drug-likeness (QED) is 0.469. The van der Waals surface area contributed by atoms with Crippen molar-refractivity contribution >= 4 is 17.5 Å². The molecule has 2 N–H and O–H groups in total. The lowest BCUT2D eigenvalue weighted by Gasteiger charge is -2.37. The minimum Gasteiger partial charge on any atom is -0.393 e. The summed E-state index contributed by atoms with van der Waals surface area (Å²) in [4.78, 5) is 33.0. The van der Waals surface area contributed by atoms with Crippen molar-refractivity contribution in [1.82, 2.24) is 29.5 Å². The smallest absolute Gasteiger partial charge is 0.352 e. The molecule has 2 saturated heterocycles. The standard InChI is InChI=1S/C27H33ClN6O3/c1-17(2)30-25(36)16-33-26(19-4-3-5-20(28)12-19)31-34(27(33)37)24-9-6-18(15-29-24)10-11-32-21-7-8-22(32)14-23(35)13-21/h3-6,9,12,15,17,21-23,35H,7-8,10-11,13-14,16H2,1-2H3,(H,30,36). The van der Waals surface area contributed by atoms with Crippen LogP contribution in [0.25, 0.3) is 17.2 Å². The second kappa shape index (κ2) is 10.8. The summed E-state index contributed by atoms with van der Waals surface area (Å²) in [6, 6.07) is 11.7. The molecule has 0 saturated carbocycles. The SMILES string of the molecule is CC(C)NC(=O)Cn1c(-c2cccc(Cl)c2)nn(-c2ccc(CCN3C4CCC3CC(O)C4)cn2)c1=O. The van der Waals surface area contributed by atoms with E-state index in [1.807, 2.05) is 19.9 Å². The minimum atomic E-state index is -0.447. The number of piperidine rings is 1. The maximum atomic E-state index is 13.4. The Morgan fingerprint density at radius 1 is 1.19 bits per heavy atom. The van der Waals surface area contributed by atoms with Gasteiger partial charge in [-0.15, -0.1) is 5.10 Å². The number of benzene rings is 1. The summed E-state index contributed by atoms with van der Waals surface area (Å²) in [7, 11) is 0. The Labute approximate surface area is 221 Å². The summed E-state index contributed by atoms with van der Waals surface area (Å²) in [6.07, 6.45) is 6.52. The fraction of sp³-hybridized carbons (Fsp3) is 0.481. The van der Waals surface area contributed by atoms with Gasteiger partial charge in [0.2, 0.25) is 5.91 Å². The monoisotopic (exact) mass is 524 g/mol. The molecular formula is C27H33ClN6O3. The van der Waals surface area contributed by atoms with Crippen molar-refractivity contribution in [2.24, 2.45) is 0 Å². The van der Waals surface area contributed by atoms with Crippen LogP contribution in [-0.2, 0) is 17.8 Å². The first-order valence-electron chi connectivity index (χ1n) is 12.9. The van der Waals surface area contributed by atoms with Gasteiger partial charge in [-0.2, -0.15) is 4.68 Å². The van der Waals surface area contributed by atoms with E-state index in [2.05, 4.69) is 20.3 Å². The number of halogens is 1. The van der Waals surface area contributed by atoms with Crippen LogP contribution >= 0.6 is 11.6 Å². The predicted octanol–water partition coefficient (Wildman–Crippen LogP) is 2.80. The van der Waals surface area contributed by atoms with Gasteiger partial charge in [0, 0.05) is 41.5 Å². The second-order valence-corrected chi connectivity index (χ2v) is 10.8. The Morgan fingerprint density at radius 2 is 1.95 bits per heavy atom. The van der Waals surface area contributed by atoms with Crippen molar-refractivity contribution in [2.75, 3.05) is 6.54 Å². The number of fused-ring (bicyclic) bond motifs is 2. The third kappa shape index (κ3) is 5.63. The third-order valence-corrected chi connectivity index (χ3v) is 7.48. The Bertz CT molecular complexity index is 1300. The minimum absolute atomic E-state index is 0.0488. The number of hydrogen-bond donors (Lipinski definition) is 2. The van der Waals surface area contributed by atoms with Gasteiger partial charge >= 0.3 is 5.69 Å². The maximum Gasteiger partial charge on any atom is 0.352 e. The topological polar surface area (TPSA) is 105 Å². The fourth-order valence-electron chi connectivity index (χ4n) is 5.60. The first-order chi connectivity index (χ1) is 17.8. The van der Waals surface area contributed by atoms with Crippen molar-refractivity contribution in [3.05, 3.63) is 63.7 Å². The van der Waals surface area contributed by atoms with E-state index in [0.29, 0.717) is 34.3 Å². The summed E-state index contributed by atoms with van der Waals surface area (Å²) in [5, 5.41) is 17.9. The van der Waals surface area contributed by atoms with E-state index in [-0.39, 0.29) is 24.6 Å². The number of amides is 1. The number of aromatic nitrogens is 4. The summed E-state index contributed by atoms with van der Waals surface area (Å²) < 4.78 is 2.58. The molecule has 37 heavy (non-hydrogen) atoms. The van der Waals surface area contributed by atoms with E-state index >= 15 is 0 Å². The van der Waals surface area contributed by atoms with Crippen LogP contribution in [0.3, 0.4) is 0 Å². The largest absolute Gasteiger partial charge is 0.393 e. The predicted molar refractivity (Wildman–Crippen MR) is 142 cm³/mol. The van der Waals surface area contributed by atoms with Crippen LogP contribution in [0.5, 0.6) is 0 Å². The van der Waals surface area contributed by atoms with Crippen molar-refractivity contribution < 1.29 is 9.90 Å². The molecule has 1 amide bonds. The van der Waals surface area contributed by atoms with E-state index in [4.69, 9.17) is 11.6 Å². The van der Waals surface area contributed by atoms with Crippen molar-refractivity contribution in [3.8, 4) is 17.2 Å². The molecule has 4 heterocycles. The molecule has 2 bridgehead atoms. The first-order valence-corrected chi connectivity index (χ1v) is 13.3. The average Bonchev–Trinajstić information content (AvgIpc) is 3.30. The number of nitrogens with zero attached hydrogens (tertiary/aromatic N) is 5. The molecular weight excluding hydrogens is 492 g/mol. The van der Waals surface area contributed by atoms with Crippen LogP contribution in [0, 0.1) is 0 Å². The highest BCUT2D eigenvalue weighted by atomic mass is 35.5. The third-order valence-electron chi connectivity index (χ3n) is 7.24. The lowest BCUT2D eigenvalue weighted by molar-refractivity contribution is -0.122. The molecule has 3 aromatic rings. The molecule has 2 aromatic heterocycles. The van der Waals surface area contributed by atoms with Crippen molar-refractivity contribution in [2.45, 2.75) is 76.7 Å². The van der Waals surface area contributed by atoms with Crippen LogP contribution in [0.4, 0.5) is 0 Å². The summed E-state index contributed by atoms with van der Waals surface area (Å²) in [6.45, 7) is 4.51. The average molecular weight is 525 g/mol. The molecule has 2 aliphatic rings. The highest BCUT2D eigenvalue weighted by molar-refractivity contribution is 6.30. The highest BCUT2D eigenvalue weighted by Crippen LogP contribution is 2.35. The van der Waals surface area contributed by atoms with Gasteiger partial charge in [-0.3, -0.25) is 14.3 Å². The van der Waals surface area contributed by atoms with Gasteiger partial charge in [0.1, 0.15) is 6.54 Å². The van der Waals surface area contributed by atoms with Gasteiger partial charge in [0.05, 0.1) is 6.10 Å². The number of nitrogens with one attached hydrogen (secondary N) is 1. The number of aliphatic hydroxyl groups is 1. The van der Waals surface area contributed by atoms with Crippen molar-refractivity contribution in [1.29, 1.82) is 0 Å². The Kier molecular flexibility index (Phi) is 7.46. The van der Waals surface area contributed by atoms with E-state index in [1.165, 1.54) is 9.25 Å². The van der Waals surface area contributed by atoms with Gasteiger partial charge in [0.25, 0.3) is 0 Å². The lowest BCUT2D eigenvalue weighted by atomic mass is 9.99. The van der Waals surface area contributed by atoms with Gasteiger partial charge < -0.3 is 10.4 Å². The number of carbonyl (C=O) groups excluding carboxylic acids is 1. The van der Waals surface area contributed by atoms with Gasteiger partial charge in [0.15, 0.2) is 11.6 Å². The fourth-order valence-corrected chi connectivity index (χ4v) is 5.79. The number of rotatable bonds is 8. The summed E-state index contributed by atoms with van der Waals surface area (Å²) in [5.41, 5.74) is 1.27. The van der Waals surface area contributed by atoms with Gasteiger partial charge in [-0.05, 0) is 69.7 Å². The zero-order valence-electron chi connectivity index (χ0n) is 21.2. The Morgan fingerprint density at radius 3 is 2.59 bits per heavy atom. The van der Waals surface area contributed by atoms with E-state index < -0.39 is 5.69 Å². The second-order valence-electron chi connectivity index (χ2n) is 10.4. The van der Waals surface area contributed by atoms with E-state index in [1.54, 1.807) is 36.5 Å². The van der Waals surface area contributed by atoms with Gasteiger partial charge in [-0.25, -0.2) is 9.78 Å². The molecule has 0 radical (unpaired) electrons. The molecule has 5 rings (SSSR count). The zero-order valence-corrected chi connectivity index (χ0v) is 21.9. The maximum absolute atomic E-state index is 13.4.